The summed E-state index contributed by atoms with van der Waals surface area (Å²) in [6.07, 6.45) is -15.0. The molecular formula is C22H26F6O7. The third-order valence-corrected chi connectivity index (χ3v) is 6.54. The number of halogens is 6. The number of alkyl halides is 6. The van der Waals surface area contributed by atoms with Gasteiger partial charge in [0.1, 0.15) is 5.60 Å². The van der Waals surface area contributed by atoms with Gasteiger partial charge in [-0.25, -0.2) is 14.4 Å². The molecule has 0 aromatic rings. The minimum Gasteiger partial charge on any atom is -0.456 e. The largest absolute Gasteiger partial charge is 0.456 e. The molecule has 0 aromatic heterocycles. The van der Waals surface area contributed by atoms with Crippen molar-refractivity contribution in [3.05, 3.63) is 12.2 Å². The van der Waals surface area contributed by atoms with E-state index in [-0.39, 0.29) is 23.8 Å². The highest BCUT2D eigenvalue weighted by atomic mass is 19.4. The molecule has 0 aliphatic heterocycles. The second-order valence-corrected chi connectivity index (χ2v) is 9.82. The number of carbonyl (C=O) groups is 3. The fourth-order valence-corrected chi connectivity index (χ4v) is 5.83. The van der Waals surface area contributed by atoms with Crippen LogP contribution in [0.5, 0.6) is 0 Å². The number of hydrogen-bond acceptors (Lipinski definition) is 7. The summed E-state index contributed by atoms with van der Waals surface area (Å²) in [5.41, 5.74) is -1.98. The highest BCUT2D eigenvalue weighted by molar-refractivity contribution is 5.88. The summed E-state index contributed by atoms with van der Waals surface area (Å²) in [6, 6.07) is 0. The maximum Gasteiger partial charge on any atom is 0.434 e. The first-order valence-corrected chi connectivity index (χ1v) is 11.0. The van der Waals surface area contributed by atoms with Crippen molar-refractivity contribution in [3.63, 3.8) is 0 Å². The summed E-state index contributed by atoms with van der Waals surface area (Å²) >= 11 is 0. The number of rotatable bonds is 8. The average molecular weight is 516 g/mol. The predicted octanol–water partition coefficient (Wildman–Crippen LogP) is 4.18. The minimum atomic E-state index is -5.83. The topological polar surface area (TPSA) is 88.1 Å². The molecule has 4 rings (SSSR count). The van der Waals surface area contributed by atoms with E-state index in [1.807, 2.05) is 0 Å². The Balaban J connectivity index is 1.68. The Morgan fingerprint density at radius 3 is 1.97 bits per heavy atom. The first-order chi connectivity index (χ1) is 15.9. The van der Waals surface area contributed by atoms with E-state index in [4.69, 9.17) is 14.2 Å². The molecule has 13 heteroatoms. The van der Waals surface area contributed by atoms with Gasteiger partial charge in [0.25, 0.3) is 6.10 Å². The lowest BCUT2D eigenvalue weighted by atomic mass is 9.52. The highest BCUT2D eigenvalue weighted by Crippen LogP contribution is 2.60. The zero-order valence-electron chi connectivity index (χ0n) is 19.1. The molecule has 4 aliphatic rings. The lowest BCUT2D eigenvalue weighted by Crippen LogP contribution is -2.62. The molecule has 4 fully saturated rings. The Labute approximate surface area is 197 Å². The van der Waals surface area contributed by atoms with E-state index >= 15 is 0 Å². The smallest absolute Gasteiger partial charge is 0.434 e. The molecule has 0 heterocycles. The van der Waals surface area contributed by atoms with E-state index in [2.05, 4.69) is 11.3 Å². The van der Waals surface area contributed by atoms with Crippen LogP contribution in [0, 0.1) is 11.8 Å². The van der Waals surface area contributed by atoms with E-state index in [9.17, 15) is 40.7 Å². The van der Waals surface area contributed by atoms with Crippen LogP contribution >= 0.6 is 0 Å². The third kappa shape index (κ3) is 6.28. The van der Waals surface area contributed by atoms with Crippen molar-refractivity contribution in [2.45, 2.75) is 88.1 Å². The van der Waals surface area contributed by atoms with Crippen molar-refractivity contribution in [1.82, 2.24) is 0 Å². The Morgan fingerprint density at radius 1 is 0.971 bits per heavy atom. The van der Waals surface area contributed by atoms with Gasteiger partial charge in [0, 0.05) is 12.0 Å². The molecule has 0 radical (unpaired) electrons. The maximum atomic E-state index is 12.8. The fourth-order valence-electron chi connectivity index (χ4n) is 5.83. The highest BCUT2D eigenvalue weighted by Gasteiger charge is 2.62. The second kappa shape index (κ2) is 9.29. The lowest BCUT2D eigenvalue weighted by molar-refractivity contribution is -0.317. The predicted molar refractivity (Wildman–Crippen MR) is 105 cm³/mol. The molecule has 198 valence electrons. The van der Waals surface area contributed by atoms with Gasteiger partial charge in [0.2, 0.25) is 0 Å². The van der Waals surface area contributed by atoms with Gasteiger partial charge in [-0.05, 0) is 57.8 Å². The van der Waals surface area contributed by atoms with Crippen molar-refractivity contribution in [2.75, 3.05) is 6.61 Å². The van der Waals surface area contributed by atoms with Gasteiger partial charge in [-0.1, -0.05) is 6.58 Å². The molecule has 0 aromatic carbocycles. The number of hydrogen-bond donors (Lipinski definition) is 0. The Morgan fingerprint density at radius 2 is 1.49 bits per heavy atom. The van der Waals surface area contributed by atoms with Crippen LogP contribution in [-0.4, -0.2) is 60.3 Å². The molecule has 0 amide bonds. The van der Waals surface area contributed by atoms with Gasteiger partial charge in [0.15, 0.2) is 12.7 Å². The average Bonchev–Trinajstić information content (AvgIpc) is 2.66. The van der Waals surface area contributed by atoms with E-state index in [1.54, 1.807) is 0 Å². The molecule has 3 atom stereocenters. The Bertz CT molecular complexity index is 853. The summed E-state index contributed by atoms with van der Waals surface area (Å²) < 4.78 is 96.6. The summed E-state index contributed by atoms with van der Waals surface area (Å²) in [7, 11) is 0. The molecule has 4 saturated carbocycles. The first kappa shape index (κ1) is 27.3. The van der Waals surface area contributed by atoms with Gasteiger partial charge < -0.3 is 18.9 Å². The molecule has 7 nitrogen and oxygen atoms in total. The molecule has 0 saturated heterocycles. The minimum absolute atomic E-state index is 0.0170. The maximum absolute atomic E-state index is 12.8. The number of ether oxygens (including phenoxy) is 4. The monoisotopic (exact) mass is 516 g/mol. The molecular weight excluding hydrogens is 490 g/mol. The SMILES string of the molecule is C=C(C)C(=O)OCC(=O)OC12CC3CC(C1)CC(OC(C)C(=O)OC(C(F)(F)F)C(F)(F)F)(C3)C2. The van der Waals surface area contributed by atoms with Crippen molar-refractivity contribution in [2.24, 2.45) is 11.8 Å². The van der Waals surface area contributed by atoms with Crippen LogP contribution in [-0.2, 0) is 33.3 Å². The lowest BCUT2D eigenvalue weighted by Gasteiger charge is -2.60. The summed E-state index contributed by atoms with van der Waals surface area (Å²) in [4.78, 5) is 36.0. The molecule has 3 unspecified atom stereocenters. The van der Waals surface area contributed by atoms with Crippen LogP contribution in [0.15, 0.2) is 12.2 Å². The van der Waals surface area contributed by atoms with Crippen molar-refractivity contribution < 1.29 is 59.7 Å². The molecule has 4 bridgehead atoms. The summed E-state index contributed by atoms with van der Waals surface area (Å²) in [6.45, 7) is 5.20. The van der Waals surface area contributed by atoms with Crippen LogP contribution in [0.25, 0.3) is 0 Å². The Hall–Kier alpha value is -2.31. The van der Waals surface area contributed by atoms with E-state index < -0.39 is 60.3 Å². The number of esters is 3. The summed E-state index contributed by atoms with van der Waals surface area (Å²) in [5, 5.41) is 0. The van der Waals surface area contributed by atoms with Crippen LogP contribution in [0.1, 0.15) is 52.4 Å². The van der Waals surface area contributed by atoms with Gasteiger partial charge in [0.05, 0.1) is 5.60 Å². The first-order valence-electron chi connectivity index (χ1n) is 11.0. The third-order valence-electron chi connectivity index (χ3n) is 6.54. The zero-order chi connectivity index (χ0) is 26.4. The van der Waals surface area contributed by atoms with Gasteiger partial charge >= 0.3 is 30.3 Å². The van der Waals surface area contributed by atoms with Gasteiger partial charge in [-0.15, -0.1) is 0 Å². The van der Waals surface area contributed by atoms with Crippen LogP contribution < -0.4 is 0 Å². The molecule has 35 heavy (non-hydrogen) atoms. The van der Waals surface area contributed by atoms with Crippen LogP contribution in [0.2, 0.25) is 0 Å². The fraction of sp³-hybridized carbons (Fsp3) is 0.773. The van der Waals surface area contributed by atoms with Gasteiger partial charge in [-0.2, -0.15) is 26.3 Å². The van der Waals surface area contributed by atoms with E-state index in [1.165, 1.54) is 6.92 Å². The quantitative estimate of drug-likeness (QED) is 0.207. The van der Waals surface area contributed by atoms with Crippen molar-refractivity contribution in [3.8, 4) is 0 Å². The summed E-state index contributed by atoms with van der Waals surface area (Å²) in [5.74, 6) is -3.33. The van der Waals surface area contributed by atoms with Crippen LogP contribution in [0.4, 0.5) is 26.3 Å². The molecule has 0 N–H and O–H groups in total. The van der Waals surface area contributed by atoms with E-state index in [0.29, 0.717) is 25.7 Å². The number of carbonyl (C=O) groups excluding carboxylic acids is 3. The molecule has 4 aliphatic carbocycles. The normalized spacial score (nSPS) is 30.7. The Kier molecular flexibility index (Phi) is 7.24. The van der Waals surface area contributed by atoms with Gasteiger partial charge in [-0.3, -0.25) is 0 Å². The van der Waals surface area contributed by atoms with Crippen molar-refractivity contribution >= 4 is 17.9 Å². The van der Waals surface area contributed by atoms with Crippen LogP contribution in [0.3, 0.4) is 0 Å². The second-order valence-electron chi connectivity index (χ2n) is 9.82. The van der Waals surface area contributed by atoms with Crippen molar-refractivity contribution in [1.29, 1.82) is 0 Å². The zero-order valence-corrected chi connectivity index (χ0v) is 19.1. The van der Waals surface area contributed by atoms with E-state index in [0.717, 1.165) is 13.3 Å². The standard InChI is InChI=1S/C22H26F6O7/c1-11(2)16(30)32-9-15(29)35-20-7-13-4-14(8-20)6-19(5-13,10-20)34-12(3)17(31)33-18(21(23,24)25)22(26,27)28/h12-14,18H,1,4-10H2,2-3H3. The molecule has 0 spiro atoms.